The van der Waals surface area contributed by atoms with Gasteiger partial charge in [0.05, 0.1) is 33.8 Å². The lowest BCUT2D eigenvalue weighted by Crippen LogP contribution is -2.33. The summed E-state index contributed by atoms with van der Waals surface area (Å²) in [7, 11) is 0. The molecule has 0 bridgehead atoms. The van der Waals surface area contributed by atoms with Crippen molar-refractivity contribution in [2.75, 3.05) is 0 Å². The number of aromatic nitrogens is 2. The highest BCUT2D eigenvalue weighted by molar-refractivity contribution is 6.14. The molecular weight excluding hydrogens is 462 g/mol. The molecule has 2 aliphatic rings. The molecule has 1 aliphatic heterocycles. The fourth-order valence-electron chi connectivity index (χ4n) is 7.18. The molecule has 3 heteroatoms. The van der Waals surface area contributed by atoms with Gasteiger partial charge >= 0.3 is 0 Å². The first-order valence-electron chi connectivity index (χ1n) is 12.9. The molecule has 0 fully saturated rings. The van der Waals surface area contributed by atoms with Crippen molar-refractivity contribution in [3.63, 3.8) is 0 Å². The number of hydrogen-bond acceptors (Lipinski definition) is 2. The van der Waals surface area contributed by atoms with Crippen molar-refractivity contribution in [3.8, 4) is 22.9 Å². The number of para-hydroxylation sites is 3. The Kier molecular flexibility index (Phi) is 3.54. The van der Waals surface area contributed by atoms with Crippen LogP contribution in [0.5, 0.6) is 0 Å². The molecule has 1 atom stereocenters. The molecule has 1 unspecified atom stereocenters. The summed E-state index contributed by atoms with van der Waals surface area (Å²) in [4.78, 5) is 5.21. The van der Waals surface area contributed by atoms with Crippen LogP contribution in [0.15, 0.2) is 115 Å². The largest absolute Gasteiger partial charge is 0.293 e. The van der Waals surface area contributed by atoms with Gasteiger partial charge in [0.25, 0.3) is 0 Å². The summed E-state index contributed by atoms with van der Waals surface area (Å²) in [6.45, 7) is 0. The summed E-state index contributed by atoms with van der Waals surface area (Å²) in [6.07, 6.45) is 0. The number of benzene rings is 5. The first-order valence-corrected chi connectivity index (χ1v) is 12.9. The standard InChI is InChI=1S/C35H19N3/c36-20-21-16-17-24-23-9-2-3-11-27(23)35(30(24)18-21)28-12-4-6-15-32(28)38-33-25(10-7-13-29(33)35)26-19-22-8-1-5-14-31(22)37-34(26)38/h1-19H. The molecule has 0 N–H and O–H groups in total. The van der Waals surface area contributed by atoms with Crippen LogP contribution in [-0.4, -0.2) is 9.55 Å². The Bertz CT molecular complexity index is 2210. The lowest BCUT2D eigenvalue weighted by molar-refractivity contribution is 0.747. The van der Waals surface area contributed by atoms with E-state index in [0.717, 1.165) is 27.6 Å². The fraction of sp³-hybridized carbons (Fsp3) is 0.0286. The molecule has 5 aromatic carbocycles. The number of nitrogens with zero attached hydrogens (tertiary/aromatic N) is 3. The maximum atomic E-state index is 9.90. The number of pyridine rings is 1. The van der Waals surface area contributed by atoms with E-state index in [1.54, 1.807) is 0 Å². The highest BCUT2D eigenvalue weighted by Crippen LogP contribution is 2.60. The molecule has 1 spiro atoms. The number of hydrogen-bond donors (Lipinski definition) is 0. The Morgan fingerprint density at radius 2 is 1.39 bits per heavy atom. The van der Waals surface area contributed by atoms with Gasteiger partial charge in [-0.15, -0.1) is 0 Å². The molecule has 38 heavy (non-hydrogen) atoms. The Balaban J connectivity index is 1.57. The van der Waals surface area contributed by atoms with E-state index < -0.39 is 5.41 Å². The summed E-state index contributed by atoms with van der Waals surface area (Å²) in [5, 5.41) is 13.4. The zero-order chi connectivity index (χ0) is 25.0. The quantitative estimate of drug-likeness (QED) is 0.221. The van der Waals surface area contributed by atoms with Crippen LogP contribution in [0, 0.1) is 11.3 Å². The number of nitriles is 1. The predicted octanol–water partition coefficient (Wildman–Crippen LogP) is 7.88. The van der Waals surface area contributed by atoms with Gasteiger partial charge in [0, 0.05) is 16.2 Å². The molecule has 0 radical (unpaired) electrons. The average molecular weight is 482 g/mol. The molecule has 3 nitrogen and oxygen atoms in total. The second kappa shape index (κ2) is 6.76. The zero-order valence-corrected chi connectivity index (χ0v) is 20.3. The summed E-state index contributed by atoms with van der Waals surface area (Å²) < 4.78 is 2.36. The van der Waals surface area contributed by atoms with Gasteiger partial charge < -0.3 is 0 Å². The summed E-state index contributed by atoms with van der Waals surface area (Å²) in [5.74, 6) is 0. The van der Waals surface area contributed by atoms with E-state index in [1.807, 2.05) is 12.1 Å². The van der Waals surface area contributed by atoms with Crippen molar-refractivity contribution in [1.82, 2.24) is 9.55 Å². The normalized spacial score (nSPS) is 16.5. The summed E-state index contributed by atoms with van der Waals surface area (Å²) in [5.41, 5.74) is 11.8. The van der Waals surface area contributed by atoms with E-state index in [9.17, 15) is 5.26 Å². The fourth-order valence-corrected chi connectivity index (χ4v) is 7.18. The van der Waals surface area contributed by atoms with Crippen LogP contribution >= 0.6 is 0 Å². The zero-order valence-electron chi connectivity index (χ0n) is 20.3. The molecule has 2 aromatic heterocycles. The van der Waals surface area contributed by atoms with E-state index in [4.69, 9.17) is 4.98 Å². The first-order chi connectivity index (χ1) is 18.8. The van der Waals surface area contributed by atoms with Crippen LogP contribution in [0.4, 0.5) is 0 Å². The third kappa shape index (κ3) is 2.15. The SMILES string of the molecule is N#Cc1ccc2c(c1)C1(c3ccccc3-2)c2ccccc2-n2c3nc4ccccc4cc3c3cccc1c32. The Morgan fingerprint density at radius 1 is 0.632 bits per heavy atom. The van der Waals surface area contributed by atoms with Crippen molar-refractivity contribution in [3.05, 3.63) is 143 Å². The van der Waals surface area contributed by atoms with Crippen LogP contribution in [-0.2, 0) is 5.41 Å². The van der Waals surface area contributed by atoms with E-state index in [0.29, 0.717) is 5.56 Å². The Hall–Kier alpha value is -5.20. The van der Waals surface area contributed by atoms with E-state index in [-0.39, 0.29) is 0 Å². The topological polar surface area (TPSA) is 41.6 Å². The maximum absolute atomic E-state index is 9.90. The smallest absolute Gasteiger partial charge is 0.146 e. The molecule has 9 rings (SSSR count). The highest BCUT2D eigenvalue weighted by atomic mass is 15.1. The van der Waals surface area contributed by atoms with Gasteiger partial charge in [-0.25, -0.2) is 4.98 Å². The first kappa shape index (κ1) is 19.9. The third-order valence-electron chi connectivity index (χ3n) is 8.59. The van der Waals surface area contributed by atoms with Gasteiger partial charge in [-0.05, 0) is 63.7 Å². The van der Waals surface area contributed by atoms with Crippen molar-refractivity contribution in [1.29, 1.82) is 5.26 Å². The minimum atomic E-state index is -0.529. The number of rotatable bonds is 0. The lowest BCUT2D eigenvalue weighted by Gasteiger charge is -2.39. The van der Waals surface area contributed by atoms with Crippen LogP contribution in [0.1, 0.15) is 27.8 Å². The second-order valence-electron chi connectivity index (χ2n) is 10.3. The minimum absolute atomic E-state index is 0.529. The molecule has 1 aliphatic carbocycles. The van der Waals surface area contributed by atoms with E-state index in [1.165, 1.54) is 44.3 Å². The molecule has 0 saturated heterocycles. The highest BCUT2D eigenvalue weighted by Gasteiger charge is 2.50. The van der Waals surface area contributed by atoms with Gasteiger partial charge in [-0.3, -0.25) is 4.57 Å². The summed E-state index contributed by atoms with van der Waals surface area (Å²) >= 11 is 0. The van der Waals surface area contributed by atoms with Crippen molar-refractivity contribution in [2.45, 2.75) is 5.41 Å². The van der Waals surface area contributed by atoms with Gasteiger partial charge in [-0.2, -0.15) is 5.26 Å². The Labute approximate surface area is 218 Å². The lowest BCUT2D eigenvalue weighted by atomic mass is 9.65. The van der Waals surface area contributed by atoms with Crippen LogP contribution in [0.25, 0.3) is 49.7 Å². The van der Waals surface area contributed by atoms with Crippen LogP contribution in [0.2, 0.25) is 0 Å². The van der Waals surface area contributed by atoms with Gasteiger partial charge in [0.15, 0.2) is 0 Å². The average Bonchev–Trinajstić information content (AvgIpc) is 3.45. The van der Waals surface area contributed by atoms with Crippen LogP contribution < -0.4 is 0 Å². The minimum Gasteiger partial charge on any atom is -0.293 e. The molecule has 0 amide bonds. The van der Waals surface area contributed by atoms with Gasteiger partial charge in [-0.1, -0.05) is 84.9 Å². The monoisotopic (exact) mass is 481 g/mol. The van der Waals surface area contributed by atoms with E-state index >= 15 is 0 Å². The van der Waals surface area contributed by atoms with Gasteiger partial charge in [0.2, 0.25) is 0 Å². The van der Waals surface area contributed by atoms with E-state index in [2.05, 4.69) is 114 Å². The molecule has 7 aromatic rings. The molecule has 174 valence electrons. The predicted molar refractivity (Wildman–Crippen MR) is 152 cm³/mol. The van der Waals surface area contributed by atoms with Crippen molar-refractivity contribution in [2.24, 2.45) is 0 Å². The van der Waals surface area contributed by atoms with Crippen LogP contribution in [0.3, 0.4) is 0 Å². The van der Waals surface area contributed by atoms with Crippen molar-refractivity contribution < 1.29 is 0 Å². The second-order valence-corrected chi connectivity index (χ2v) is 10.3. The molecular formula is C35H19N3. The number of fused-ring (bicyclic) bond motifs is 13. The maximum Gasteiger partial charge on any atom is 0.146 e. The van der Waals surface area contributed by atoms with Crippen molar-refractivity contribution >= 4 is 32.8 Å². The third-order valence-corrected chi connectivity index (χ3v) is 8.59. The summed E-state index contributed by atoms with van der Waals surface area (Å²) in [6, 6.07) is 43.3. The molecule has 3 heterocycles. The van der Waals surface area contributed by atoms with Gasteiger partial charge in [0.1, 0.15) is 5.65 Å². The molecule has 0 saturated carbocycles. The Morgan fingerprint density at radius 3 is 2.32 bits per heavy atom.